The number of benzene rings is 1. The molecule has 0 aliphatic carbocycles. The minimum atomic E-state index is -4.64. The lowest BCUT2D eigenvalue weighted by atomic mass is 10.4. The molecule has 0 bridgehead atoms. The highest BCUT2D eigenvalue weighted by Crippen LogP contribution is 2.22. The predicted molar refractivity (Wildman–Crippen MR) is 55.2 cm³/mol. The van der Waals surface area contributed by atoms with Gasteiger partial charge in [0.05, 0.1) is 8.83 Å². The lowest BCUT2D eigenvalue weighted by Crippen LogP contribution is -2.25. The van der Waals surface area contributed by atoms with Gasteiger partial charge in [-0.05, 0) is 12.1 Å². The lowest BCUT2D eigenvalue weighted by molar-refractivity contribution is 0.255. The standard InChI is InChI=1S/C6H7FNO4PS2/c7-8(15(11,12)13)14(9,10)6-4-2-1-3-5-6/h1-5H,13H2. The first-order valence-corrected chi connectivity index (χ1v) is 7.91. The van der Waals surface area contributed by atoms with Crippen LogP contribution in [0, 0.1) is 0 Å². The van der Waals surface area contributed by atoms with Crippen LogP contribution in [0.3, 0.4) is 0 Å². The van der Waals surface area contributed by atoms with Crippen LogP contribution in [-0.4, -0.2) is 20.8 Å². The van der Waals surface area contributed by atoms with Crippen molar-refractivity contribution in [1.29, 1.82) is 0 Å². The third-order valence-electron chi connectivity index (χ3n) is 1.43. The Bertz CT molecular complexity index is 542. The molecule has 15 heavy (non-hydrogen) atoms. The molecule has 1 aromatic carbocycles. The number of sulfonamides is 1. The van der Waals surface area contributed by atoms with E-state index >= 15 is 0 Å². The van der Waals surface area contributed by atoms with Crippen molar-refractivity contribution in [2.45, 2.75) is 4.90 Å². The van der Waals surface area contributed by atoms with Crippen LogP contribution in [0.5, 0.6) is 0 Å². The molecule has 0 fully saturated rings. The molecule has 0 heterocycles. The number of nitrogens with zero attached hydrogens (tertiary/aromatic N) is 1. The molecule has 1 rings (SSSR count). The Hall–Kier alpha value is -0.560. The summed E-state index contributed by atoms with van der Waals surface area (Å²) in [5.74, 6) is 0. The molecule has 0 amide bonds. The second-order valence-corrected chi connectivity index (χ2v) is 7.63. The van der Waals surface area contributed by atoms with Gasteiger partial charge in [0.15, 0.2) is 0 Å². The van der Waals surface area contributed by atoms with E-state index in [4.69, 9.17) is 0 Å². The molecule has 0 saturated carbocycles. The summed E-state index contributed by atoms with van der Waals surface area (Å²) in [5, 5.41) is 0. The third-order valence-corrected chi connectivity index (χ3v) is 5.30. The smallest absolute Gasteiger partial charge is 0.205 e. The van der Waals surface area contributed by atoms with Gasteiger partial charge >= 0.3 is 0 Å². The molecule has 0 aliphatic rings. The molecule has 0 radical (unpaired) electrons. The van der Waals surface area contributed by atoms with Gasteiger partial charge in [-0.15, -0.1) is 4.48 Å². The van der Waals surface area contributed by atoms with Crippen molar-refractivity contribution >= 4 is 28.1 Å². The fourth-order valence-electron chi connectivity index (χ4n) is 0.812. The molecule has 5 nitrogen and oxygen atoms in total. The average Bonchev–Trinajstić information content (AvgIpc) is 2.16. The molecule has 9 heteroatoms. The molecule has 0 aliphatic heterocycles. The summed E-state index contributed by atoms with van der Waals surface area (Å²) < 4.78 is 55.9. The highest BCUT2D eigenvalue weighted by atomic mass is 32.7. The van der Waals surface area contributed by atoms with E-state index < -0.39 is 28.5 Å². The minimum Gasteiger partial charge on any atom is -0.205 e. The Morgan fingerprint density at radius 3 is 1.93 bits per heavy atom. The van der Waals surface area contributed by atoms with Crippen LogP contribution in [0.4, 0.5) is 4.48 Å². The molecule has 0 saturated heterocycles. The second kappa shape index (κ2) is 4.13. The third kappa shape index (κ3) is 2.72. The van der Waals surface area contributed by atoms with Gasteiger partial charge < -0.3 is 0 Å². The Morgan fingerprint density at radius 2 is 1.53 bits per heavy atom. The van der Waals surface area contributed by atoms with Gasteiger partial charge in [0.1, 0.15) is 0 Å². The van der Waals surface area contributed by atoms with Crippen LogP contribution in [0.1, 0.15) is 0 Å². The predicted octanol–water partition coefficient (Wildman–Crippen LogP) is 0.682. The summed E-state index contributed by atoms with van der Waals surface area (Å²) in [7, 11) is -8.04. The summed E-state index contributed by atoms with van der Waals surface area (Å²) in [6, 6.07) is 6.43. The summed E-state index contributed by atoms with van der Waals surface area (Å²) in [5.41, 5.74) is 0. The van der Waals surface area contributed by atoms with Crippen molar-refractivity contribution in [3.63, 3.8) is 0 Å². The molecule has 84 valence electrons. The largest absolute Gasteiger partial charge is 0.283 e. The number of halogens is 1. The molecule has 0 spiro atoms. The second-order valence-electron chi connectivity index (χ2n) is 2.52. The first-order chi connectivity index (χ1) is 6.76. The Balaban J connectivity index is 3.28. The minimum absolute atomic E-state index is 0.432. The van der Waals surface area contributed by atoms with E-state index in [1.165, 1.54) is 18.2 Å². The summed E-state index contributed by atoms with van der Waals surface area (Å²) in [6.45, 7) is 0. The highest BCUT2D eigenvalue weighted by molar-refractivity contribution is 8.38. The average molecular weight is 271 g/mol. The summed E-state index contributed by atoms with van der Waals surface area (Å²) in [4.78, 5) is -0.432. The van der Waals surface area contributed by atoms with Crippen LogP contribution >= 0.6 is 8.44 Å². The maximum Gasteiger partial charge on any atom is 0.283 e. The van der Waals surface area contributed by atoms with Crippen LogP contribution in [-0.2, 0) is 19.7 Å². The van der Waals surface area contributed by atoms with Crippen LogP contribution in [0.2, 0.25) is 0 Å². The molecule has 1 aromatic rings. The fraction of sp³-hybridized carbons (Fsp3) is 0. The van der Waals surface area contributed by atoms with E-state index in [1.54, 1.807) is 0 Å². The van der Waals surface area contributed by atoms with E-state index in [0.29, 0.717) is 0 Å². The molecular weight excluding hydrogens is 264 g/mol. The van der Waals surface area contributed by atoms with E-state index in [2.05, 4.69) is 0 Å². The van der Waals surface area contributed by atoms with Crippen molar-refractivity contribution in [2.24, 2.45) is 0 Å². The summed E-state index contributed by atoms with van der Waals surface area (Å²) in [6.07, 6.45) is 0. The maximum absolute atomic E-state index is 13.0. The van der Waals surface area contributed by atoms with Crippen molar-refractivity contribution in [3.8, 4) is 0 Å². The first kappa shape index (κ1) is 12.5. The number of rotatable bonds is 3. The van der Waals surface area contributed by atoms with Gasteiger partial charge in [-0.3, -0.25) is 0 Å². The van der Waals surface area contributed by atoms with Gasteiger partial charge in [0, 0.05) is 8.44 Å². The molecular formula is C6H7FNO4PS2. The van der Waals surface area contributed by atoms with Gasteiger partial charge in [0.2, 0.25) is 0 Å². The van der Waals surface area contributed by atoms with Gasteiger partial charge in [0.25, 0.3) is 19.7 Å². The SMILES string of the molecule is O=S(=O)(P)N(F)S(=O)(=O)c1ccccc1. The highest BCUT2D eigenvalue weighted by Gasteiger charge is 2.32. The topological polar surface area (TPSA) is 71.5 Å². The van der Waals surface area contributed by atoms with E-state index in [9.17, 15) is 21.3 Å². The molecule has 1 unspecified atom stereocenters. The van der Waals surface area contributed by atoms with Crippen molar-refractivity contribution in [3.05, 3.63) is 30.3 Å². The Kier molecular flexibility index (Phi) is 3.44. The zero-order chi connectivity index (χ0) is 11.7. The molecule has 0 aromatic heterocycles. The van der Waals surface area contributed by atoms with Gasteiger partial charge in [-0.2, -0.15) is 0 Å². The zero-order valence-corrected chi connectivity index (χ0v) is 10.0. The van der Waals surface area contributed by atoms with Gasteiger partial charge in [-0.25, -0.2) is 16.8 Å². The maximum atomic E-state index is 13.0. The van der Waals surface area contributed by atoms with E-state index in [1.807, 2.05) is 0 Å². The quantitative estimate of drug-likeness (QED) is 0.598. The van der Waals surface area contributed by atoms with Crippen LogP contribution in [0.15, 0.2) is 35.2 Å². The number of hydrogen-bond donors (Lipinski definition) is 0. The monoisotopic (exact) mass is 271 g/mol. The number of hydrogen-bond acceptors (Lipinski definition) is 4. The zero-order valence-electron chi connectivity index (χ0n) is 7.24. The molecule has 1 atom stereocenters. The van der Waals surface area contributed by atoms with E-state index in [-0.39, 0.29) is 0 Å². The van der Waals surface area contributed by atoms with Crippen molar-refractivity contribution in [2.75, 3.05) is 0 Å². The van der Waals surface area contributed by atoms with Crippen molar-refractivity contribution < 1.29 is 21.3 Å². The van der Waals surface area contributed by atoms with Crippen LogP contribution < -0.4 is 0 Å². The summed E-state index contributed by atoms with van der Waals surface area (Å²) >= 11 is 0. The molecule has 0 N–H and O–H groups in total. The normalized spacial score (nSPS) is 13.0. The fourth-order valence-corrected chi connectivity index (χ4v) is 3.85. The van der Waals surface area contributed by atoms with Gasteiger partial charge in [-0.1, -0.05) is 18.2 Å². The first-order valence-electron chi connectivity index (χ1n) is 3.55. The Labute approximate surface area is 88.9 Å². The Morgan fingerprint density at radius 1 is 1.07 bits per heavy atom. The van der Waals surface area contributed by atoms with Crippen LogP contribution in [0.25, 0.3) is 0 Å². The van der Waals surface area contributed by atoms with Crippen molar-refractivity contribution in [1.82, 2.24) is 3.93 Å². The lowest BCUT2D eigenvalue weighted by Gasteiger charge is -2.09. The van der Waals surface area contributed by atoms with E-state index in [0.717, 1.165) is 20.6 Å².